The summed E-state index contributed by atoms with van der Waals surface area (Å²) in [5.41, 5.74) is 3.86. The molecule has 0 bridgehead atoms. The first kappa shape index (κ1) is 18.6. The van der Waals surface area contributed by atoms with Gasteiger partial charge in [-0.25, -0.2) is 0 Å². The lowest BCUT2D eigenvalue weighted by Crippen LogP contribution is -2.44. The molecule has 3 aliphatic rings. The van der Waals surface area contributed by atoms with E-state index in [9.17, 15) is 0 Å². The van der Waals surface area contributed by atoms with Crippen LogP contribution in [-0.4, -0.2) is 56.4 Å². The number of nitrogens with zero attached hydrogens (tertiary/aromatic N) is 2. The van der Waals surface area contributed by atoms with Crippen molar-refractivity contribution in [2.75, 3.05) is 44.3 Å². The summed E-state index contributed by atoms with van der Waals surface area (Å²) in [6, 6.07) is 10.1. The highest BCUT2D eigenvalue weighted by Gasteiger charge is 2.26. The summed E-state index contributed by atoms with van der Waals surface area (Å²) in [4.78, 5) is 5.00. The van der Waals surface area contributed by atoms with Crippen molar-refractivity contribution in [2.24, 2.45) is 5.92 Å². The second kappa shape index (κ2) is 8.49. The van der Waals surface area contributed by atoms with Gasteiger partial charge in [0, 0.05) is 37.1 Å². The van der Waals surface area contributed by atoms with Crippen molar-refractivity contribution in [1.82, 2.24) is 10.2 Å². The predicted molar refractivity (Wildman–Crippen MR) is 113 cm³/mol. The molecule has 1 N–H and O–H groups in total. The number of hydrogen-bond donors (Lipinski definition) is 1. The summed E-state index contributed by atoms with van der Waals surface area (Å²) < 4.78 is 5.45. The number of nitrogens with one attached hydrogen (secondary N) is 1. The number of benzene rings is 1. The number of morpholine rings is 1. The molecule has 4 heteroatoms. The topological polar surface area (TPSA) is 27.7 Å². The van der Waals surface area contributed by atoms with E-state index >= 15 is 0 Å². The van der Waals surface area contributed by atoms with E-state index in [4.69, 9.17) is 4.74 Å². The van der Waals surface area contributed by atoms with Crippen LogP contribution in [0.4, 0.5) is 5.69 Å². The summed E-state index contributed by atoms with van der Waals surface area (Å²) >= 11 is 0. The number of hydrogen-bond acceptors (Lipinski definition) is 4. The number of anilines is 1. The summed E-state index contributed by atoms with van der Waals surface area (Å²) in [5, 5.41) is 3.67. The Balaban J connectivity index is 1.33. The van der Waals surface area contributed by atoms with Crippen LogP contribution in [0.15, 0.2) is 42.6 Å². The minimum Gasteiger partial charge on any atom is -0.384 e. The normalized spacial score (nSPS) is 24.8. The van der Waals surface area contributed by atoms with Gasteiger partial charge < -0.3 is 19.9 Å². The fraction of sp³-hybridized carbons (Fsp3) is 0.565. The molecule has 1 atom stereocenters. The van der Waals surface area contributed by atoms with E-state index in [1.165, 1.54) is 42.8 Å². The Morgan fingerprint density at radius 1 is 1.00 bits per heavy atom. The van der Waals surface area contributed by atoms with Crippen molar-refractivity contribution in [3.63, 3.8) is 0 Å². The lowest BCUT2D eigenvalue weighted by atomic mass is 9.87. The highest BCUT2D eigenvalue weighted by atomic mass is 16.5. The van der Waals surface area contributed by atoms with Gasteiger partial charge in [0.1, 0.15) is 0 Å². The summed E-state index contributed by atoms with van der Waals surface area (Å²) in [6.07, 6.45) is 9.47. The van der Waals surface area contributed by atoms with E-state index in [1.807, 2.05) is 0 Å². The van der Waals surface area contributed by atoms with Gasteiger partial charge in [-0.15, -0.1) is 0 Å². The predicted octanol–water partition coefficient (Wildman–Crippen LogP) is 3.51. The van der Waals surface area contributed by atoms with E-state index in [0.717, 1.165) is 32.2 Å². The molecule has 3 heterocycles. The van der Waals surface area contributed by atoms with Crippen LogP contribution in [-0.2, 0) is 4.74 Å². The molecule has 1 unspecified atom stereocenters. The molecule has 1 aromatic rings. The SMILES string of the molecule is CC(C)N1CCC(C2C=CC(c3ccc(N4CCOCC4)cc3)=CN2)CC1. The minimum atomic E-state index is 0.482. The van der Waals surface area contributed by atoms with Gasteiger partial charge in [0.15, 0.2) is 0 Å². The molecule has 0 saturated carbocycles. The van der Waals surface area contributed by atoms with Gasteiger partial charge in [-0.2, -0.15) is 0 Å². The molecule has 0 aliphatic carbocycles. The van der Waals surface area contributed by atoms with Crippen LogP contribution >= 0.6 is 0 Å². The molecule has 0 amide bonds. The van der Waals surface area contributed by atoms with E-state index in [-0.39, 0.29) is 0 Å². The molecule has 4 nitrogen and oxygen atoms in total. The third-order valence-corrected chi connectivity index (χ3v) is 6.30. The molecule has 0 spiro atoms. The quantitative estimate of drug-likeness (QED) is 0.881. The molecule has 4 rings (SSSR count). The average Bonchev–Trinajstić information content (AvgIpc) is 2.75. The second-order valence-electron chi connectivity index (χ2n) is 8.26. The highest BCUT2D eigenvalue weighted by molar-refractivity contribution is 5.75. The fourth-order valence-corrected chi connectivity index (χ4v) is 4.45. The maximum Gasteiger partial charge on any atom is 0.0642 e. The monoisotopic (exact) mass is 367 g/mol. The Bertz CT molecular complexity index is 665. The van der Waals surface area contributed by atoms with Crippen LogP contribution in [0.5, 0.6) is 0 Å². The molecule has 2 fully saturated rings. The van der Waals surface area contributed by atoms with Crippen LogP contribution in [0.3, 0.4) is 0 Å². The first-order valence-electron chi connectivity index (χ1n) is 10.5. The number of rotatable bonds is 4. The molecule has 146 valence electrons. The van der Waals surface area contributed by atoms with Crippen molar-refractivity contribution in [3.05, 3.63) is 48.2 Å². The van der Waals surface area contributed by atoms with Crippen molar-refractivity contribution in [3.8, 4) is 0 Å². The molecular formula is C23H33N3O. The third-order valence-electron chi connectivity index (χ3n) is 6.30. The molecule has 27 heavy (non-hydrogen) atoms. The van der Waals surface area contributed by atoms with Crippen LogP contribution < -0.4 is 10.2 Å². The molecule has 1 aromatic carbocycles. The van der Waals surface area contributed by atoms with E-state index in [2.05, 4.69) is 71.6 Å². The van der Waals surface area contributed by atoms with Gasteiger partial charge in [-0.05, 0) is 69.0 Å². The van der Waals surface area contributed by atoms with Crippen LogP contribution in [0.25, 0.3) is 5.57 Å². The second-order valence-corrected chi connectivity index (χ2v) is 8.26. The summed E-state index contributed by atoms with van der Waals surface area (Å²) in [7, 11) is 0. The highest BCUT2D eigenvalue weighted by Crippen LogP contribution is 2.27. The standard InChI is InChI=1S/C23H33N3O/c1-18(2)25-11-9-20(10-12-25)23-8-5-21(17-24-23)19-3-6-22(7-4-19)26-13-15-27-16-14-26/h3-8,17-18,20,23-24H,9-16H2,1-2H3. The van der Waals surface area contributed by atoms with Gasteiger partial charge in [0.05, 0.1) is 13.2 Å². The van der Waals surface area contributed by atoms with Gasteiger partial charge in [0.2, 0.25) is 0 Å². The first-order chi connectivity index (χ1) is 13.2. The smallest absolute Gasteiger partial charge is 0.0642 e. The van der Waals surface area contributed by atoms with E-state index in [1.54, 1.807) is 0 Å². The third kappa shape index (κ3) is 4.39. The molecular weight excluding hydrogens is 334 g/mol. The van der Waals surface area contributed by atoms with Gasteiger partial charge >= 0.3 is 0 Å². The Labute approximate surface area is 163 Å². The Hall–Kier alpha value is -1.78. The van der Waals surface area contributed by atoms with Gasteiger partial charge in [0.25, 0.3) is 0 Å². The number of likely N-dealkylation sites (tertiary alicyclic amines) is 1. The maximum atomic E-state index is 5.45. The number of dihydropyridines is 1. The van der Waals surface area contributed by atoms with Crippen LogP contribution in [0.1, 0.15) is 32.3 Å². The largest absolute Gasteiger partial charge is 0.384 e. The fourth-order valence-electron chi connectivity index (χ4n) is 4.45. The molecule has 0 radical (unpaired) electrons. The zero-order valence-electron chi connectivity index (χ0n) is 16.7. The lowest BCUT2D eigenvalue weighted by molar-refractivity contribution is 0.122. The summed E-state index contributed by atoms with van der Waals surface area (Å²) in [5.74, 6) is 0.748. The van der Waals surface area contributed by atoms with Gasteiger partial charge in [-0.1, -0.05) is 24.3 Å². The Morgan fingerprint density at radius 3 is 2.30 bits per heavy atom. The average molecular weight is 368 g/mol. The van der Waals surface area contributed by atoms with E-state index < -0.39 is 0 Å². The molecule has 0 aromatic heterocycles. The zero-order chi connectivity index (χ0) is 18.6. The minimum absolute atomic E-state index is 0.482. The van der Waals surface area contributed by atoms with E-state index in [0.29, 0.717) is 12.1 Å². The van der Waals surface area contributed by atoms with Crippen molar-refractivity contribution >= 4 is 11.3 Å². The van der Waals surface area contributed by atoms with Crippen LogP contribution in [0.2, 0.25) is 0 Å². The van der Waals surface area contributed by atoms with Gasteiger partial charge in [-0.3, -0.25) is 0 Å². The number of allylic oxidation sites excluding steroid dienone is 2. The molecule has 2 saturated heterocycles. The van der Waals surface area contributed by atoms with Crippen molar-refractivity contribution < 1.29 is 4.74 Å². The number of piperidine rings is 1. The Kier molecular flexibility index (Phi) is 5.84. The number of ether oxygens (including phenoxy) is 1. The Morgan fingerprint density at radius 2 is 1.70 bits per heavy atom. The maximum absolute atomic E-state index is 5.45. The first-order valence-corrected chi connectivity index (χ1v) is 10.5. The van der Waals surface area contributed by atoms with Crippen molar-refractivity contribution in [1.29, 1.82) is 0 Å². The van der Waals surface area contributed by atoms with Crippen molar-refractivity contribution in [2.45, 2.75) is 38.8 Å². The lowest BCUT2D eigenvalue weighted by Gasteiger charge is -2.38. The van der Waals surface area contributed by atoms with Crippen LogP contribution in [0, 0.1) is 5.92 Å². The molecule has 3 aliphatic heterocycles. The summed E-state index contributed by atoms with van der Waals surface area (Å²) in [6.45, 7) is 10.7. The zero-order valence-corrected chi connectivity index (χ0v) is 16.7.